The number of aliphatic carboxylic acids is 2. The molecule has 0 saturated carbocycles. The third-order valence-electron chi connectivity index (χ3n) is 5.50. The molecule has 0 aromatic heterocycles. The van der Waals surface area contributed by atoms with Crippen LogP contribution in [0.3, 0.4) is 0 Å². The number of fused-ring (bicyclic) bond motifs is 1. The zero-order valence-corrected chi connectivity index (χ0v) is 16.6. The average molecular weight is 415 g/mol. The number of rotatable bonds is 6. The number of carboxylic acid groups (broad SMARTS) is 2. The van der Waals surface area contributed by atoms with Gasteiger partial charge in [0.05, 0.1) is 12.3 Å². The minimum absolute atomic E-state index is 0.214. The van der Waals surface area contributed by atoms with Crippen LogP contribution in [0.2, 0.25) is 0 Å². The molecule has 0 fully saturated rings. The lowest BCUT2D eigenvalue weighted by Gasteiger charge is -2.35. The van der Waals surface area contributed by atoms with Crippen molar-refractivity contribution in [3.8, 4) is 5.75 Å². The minimum atomic E-state index is -2.42. The summed E-state index contributed by atoms with van der Waals surface area (Å²) < 4.78 is 5.65. The molecule has 1 aliphatic heterocycles. The van der Waals surface area contributed by atoms with Gasteiger partial charge in [-0.1, -0.05) is 78.9 Å². The van der Waals surface area contributed by atoms with Gasteiger partial charge in [-0.25, -0.2) is 9.59 Å². The highest BCUT2D eigenvalue weighted by atomic mass is 16.5. The van der Waals surface area contributed by atoms with Crippen LogP contribution in [0, 0.1) is 0 Å². The van der Waals surface area contributed by atoms with Gasteiger partial charge in [-0.05, 0) is 12.5 Å². The second-order valence-corrected chi connectivity index (χ2v) is 7.30. The second-order valence-electron chi connectivity index (χ2n) is 7.30. The molecule has 0 bridgehead atoms. The molecule has 0 spiro atoms. The van der Waals surface area contributed by atoms with Crippen molar-refractivity contribution >= 4 is 17.7 Å². The van der Waals surface area contributed by atoms with Crippen LogP contribution in [-0.4, -0.2) is 40.0 Å². The smallest absolute Gasteiger partial charge is 0.344 e. The molecule has 0 amide bonds. The van der Waals surface area contributed by atoms with Crippen molar-refractivity contribution in [1.82, 2.24) is 0 Å². The van der Waals surface area contributed by atoms with E-state index in [0.717, 1.165) is 0 Å². The summed E-state index contributed by atoms with van der Waals surface area (Å²) in [4.78, 5) is 29.8. The van der Waals surface area contributed by atoms with E-state index in [9.17, 15) is 19.8 Å². The largest absolute Gasteiger partial charge is 0.493 e. The maximum Gasteiger partial charge on any atom is 0.344 e. The summed E-state index contributed by atoms with van der Waals surface area (Å²) in [7, 11) is 0. The normalized spacial score (nSPS) is 15.3. The van der Waals surface area contributed by atoms with E-state index in [-0.39, 0.29) is 13.0 Å². The highest BCUT2D eigenvalue weighted by molar-refractivity contribution is 6.16. The maximum atomic E-state index is 12.6. The highest BCUT2D eigenvalue weighted by Crippen LogP contribution is 2.43. The Morgan fingerprint density at radius 2 is 1.32 bits per heavy atom. The van der Waals surface area contributed by atoms with Crippen molar-refractivity contribution in [2.75, 3.05) is 6.61 Å². The molecule has 3 aromatic rings. The van der Waals surface area contributed by atoms with Crippen LogP contribution in [0.1, 0.15) is 29.0 Å². The summed E-state index contributed by atoms with van der Waals surface area (Å²) in [6, 6.07) is 25.0. The summed E-state index contributed by atoms with van der Waals surface area (Å²) in [5, 5.41) is 20.6. The Hall–Kier alpha value is -3.93. The number of carbonyl (C=O) groups is 2. The lowest BCUT2D eigenvalue weighted by molar-refractivity contribution is -0.158. The number of benzene rings is 3. The summed E-state index contributed by atoms with van der Waals surface area (Å²) in [6.07, 6.45) is 0.218. The standard InChI is InChI=1S/C25H21NO5/c27-23(28)25(24(29)30,20-15-16-31-21-14-8-7-13-19(20)21)26-22(17-9-3-1-4-10-17)18-11-5-2-6-12-18/h1-14,20H,15-16H2,(H,27,28)(H,29,30)/t20-/m1/s1. The van der Waals surface area contributed by atoms with E-state index in [2.05, 4.69) is 4.99 Å². The number of hydrogen-bond acceptors (Lipinski definition) is 4. The van der Waals surface area contributed by atoms with Gasteiger partial charge in [0, 0.05) is 22.6 Å². The Labute approximate surface area is 179 Å². The zero-order chi connectivity index (χ0) is 21.8. The fourth-order valence-corrected chi connectivity index (χ4v) is 4.00. The monoisotopic (exact) mass is 415 g/mol. The first kappa shape index (κ1) is 20.3. The molecular formula is C25H21NO5. The van der Waals surface area contributed by atoms with E-state index in [1.165, 1.54) is 0 Å². The molecule has 31 heavy (non-hydrogen) atoms. The number of hydrogen-bond donors (Lipinski definition) is 2. The molecule has 6 heteroatoms. The van der Waals surface area contributed by atoms with E-state index in [1.807, 2.05) is 12.1 Å². The lowest BCUT2D eigenvalue weighted by Crippen LogP contribution is -2.52. The van der Waals surface area contributed by atoms with Crippen LogP contribution in [0.5, 0.6) is 5.75 Å². The van der Waals surface area contributed by atoms with Gasteiger partial charge < -0.3 is 14.9 Å². The van der Waals surface area contributed by atoms with Gasteiger partial charge in [0.2, 0.25) is 0 Å². The molecule has 0 saturated heterocycles. The summed E-state index contributed by atoms with van der Waals surface area (Å²) in [6.45, 7) is 0.214. The third-order valence-corrected chi connectivity index (χ3v) is 5.50. The lowest BCUT2D eigenvalue weighted by atomic mass is 9.75. The molecule has 1 aliphatic rings. The van der Waals surface area contributed by atoms with Crippen LogP contribution in [0.25, 0.3) is 0 Å². The average Bonchev–Trinajstić information content (AvgIpc) is 2.80. The molecule has 0 aliphatic carbocycles. The molecule has 2 N–H and O–H groups in total. The summed E-state index contributed by atoms with van der Waals surface area (Å²) in [5.74, 6) is -3.42. The van der Waals surface area contributed by atoms with E-state index in [0.29, 0.717) is 28.2 Å². The zero-order valence-electron chi connectivity index (χ0n) is 16.6. The third kappa shape index (κ3) is 3.68. The van der Waals surface area contributed by atoms with Crippen molar-refractivity contribution in [2.45, 2.75) is 17.9 Å². The van der Waals surface area contributed by atoms with Crippen molar-refractivity contribution in [3.05, 3.63) is 102 Å². The highest BCUT2D eigenvalue weighted by Gasteiger charge is 2.55. The number of para-hydroxylation sites is 1. The Bertz CT molecular complexity index is 1070. The van der Waals surface area contributed by atoms with E-state index in [4.69, 9.17) is 4.74 Å². The number of ether oxygens (including phenoxy) is 1. The van der Waals surface area contributed by atoms with Gasteiger partial charge in [-0.15, -0.1) is 0 Å². The number of nitrogens with zero attached hydrogens (tertiary/aromatic N) is 1. The van der Waals surface area contributed by atoms with E-state index in [1.54, 1.807) is 72.8 Å². The van der Waals surface area contributed by atoms with Crippen molar-refractivity contribution in [3.63, 3.8) is 0 Å². The predicted octanol–water partition coefficient (Wildman–Crippen LogP) is 4.00. The molecule has 0 radical (unpaired) electrons. The van der Waals surface area contributed by atoms with Gasteiger partial charge in [0.15, 0.2) is 0 Å². The SMILES string of the molecule is O=C(O)C(N=C(c1ccccc1)c1ccccc1)(C(=O)O)[C@@H]1CCOc2ccccc21. The van der Waals surface area contributed by atoms with Crippen LogP contribution in [0.4, 0.5) is 0 Å². The van der Waals surface area contributed by atoms with Gasteiger partial charge in [-0.3, -0.25) is 4.99 Å². The molecule has 6 nitrogen and oxygen atoms in total. The van der Waals surface area contributed by atoms with Crippen LogP contribution in [0.15, 0.2) is 89.9 Å². The van der Waals surface area contributed by atoms with Gasteiger partial charge in [0.25, 0.3) is 5.54 Å². The first-order valence-corrected chi connectivity index (χ1v) is 9.93. The Morgan fingerprint density at radius 1 is 0.806 bits per heavy atom. The fraction of sp³-hybridized carbons (Fsp3) is 0.160. The summed E-state index contributed by atoms with van der Waals surface area (Å²) in [5.41, 5.74) is -0.291. The first-order valence-electron chi connectivity index (χ1n) is 9.93. The minimum Gasteiger partial charge on any atom is -0.493 e. The van der Waals surface area contributed by atoms with Gasteiger partial charge in [-0.2, -0.15) is 0 Å². The Balaban J connectivity index is 1.99. The Morgan fingerprint density at radius 3 is 1.87 bits per heavy atom. The molecule has 1 heterocycles. The predicted molar refractivity (Wildman–Crippen MR) is 116 cm³/mol. The Kier molecular flexibility index (Phi) is 5.54. The van der Waals surface area contributed by atoms with Crippen LogP contribution >= 0.6 is 0 Å². The maximum absolute atomic E-state index is 12.6. The van der Waals surface area contributed by atoms with E-state index >= 15 is 0 Å². The molecule has 156 valence electrons. The van der Waals surface area contributed by atoms with Crippen molar-refractivity contribution in [1.29, 1.82) is 0 Å². The van der Waals surface area contributed by atoms with Gasteiger partial charge in [0.1, 0.15) is 5.75 Å². The van der Waals surface area contributed by atoms with Crippen LogP contribution in [-0.2, 0) is 9.59 Å². The topological polar surface area (TPSA) is 96.2 Å². The second kappa shape index (κ2) is 8.44. The molecule has 4 rings (SSSR count). The molecular weight excluding hydrogens is 394 g/mol. The fourth-order valence-electron chi connectivity index (χ4n) is 4.00. The quantitative estimate of drug-likeness (QED) is 0.469. The van der Waals surface area contributed by atoms with Gasteiger partial charge >= 0.3 is 11.9 Å². The number of aliphatic imine (C=N–C) groups is 1. The molecule has 3 aromatic carbocycles. The van der Waals surface area contributed by atoms with Crippen LogP contribution < -0.4 is 4.74 Å². The first-order chi connectivity index (χ1) is 15.0. The van der Waals surface area contributed by atoms with E-state index < -0.39 is 23.4 Å². The van der Waals surface area contributed by atoms with Crippen molar-refractivity contribution < 1.29 is 24.5 Å². The summed E-state index contributed by atoms with van der Waals surface area (Å²) >= 11 is 0. The molecule has 0 unspecified atom stereocenters. The van der Waals surface area contributed by atoms with Crippen molar-refractivity contribution in [2.24, 2.45) is 4.99 Å². The molecule has 1 atom stereocenters. The number of carboxylic acids is 2.